The van der Waals surface area contributed by atoms with E-state index >= 15 is 0 Å². The van der Waals surface area contributed by atoms with Crippen LogP contribution < -0.4 is 15.4 Å². The number of piperazine rings is 1. The Kier molecular flexibility index (Phi) is 7.43. The molecule has 2 heterocycles. The first-order valence-corrected chi connectivity index (χ1v) is 11.7. The quantitative estimate of drug-likeness (QED) is 0.527. The second-order valence-electron chi connectivity index (χ2n) is 7.51. The maximum Gasteiger partial charge on any atom is 0.273 e. The van der Waals surface area contributed by atoms with E-state index in [1.807, 2.05) is 17.0 Å². The molecule has 1 aromatic heterocycles. The molecule has 10 heteroatoms. The van der Waals surface area contributed by atoms with Gasteiger partial charge in [0.25, 0.3) is 5.91 Å². The lowest BCUT2D eigenvalue weighted by atomic mass is 10.2. The number of thiazole rings is 1. The minimum Gasteiger partial charge on any atom is -0.497 e. The highest BCUT2D eigenvalue weighted by Gasteiger charge is 2.25. The Balaban J connectivity index is 1.24. The fraction of sp³-hybridized carbons (Fsp3) is 0.261. The molecule has 172 valence electrons. The van der Waals surface area contributed by atoms with Crippen LogP contribution in [0.3, 0.4) is 0 Å². The molecule has 0 radical (unpaired) electrons. The Bertz CT molecular complexity index is 1100. The molecule has 3 aromatic rings. The molecule has 1 saturated heterocycles. The molecule has 2 aromatic carbocycles. The summed E-state index contributed by atoms with van der Waals surface area (Å²) in [5.74, 6) is 0.553. The standard InChI is InChI=1S/C23H24ClN5O3S/c1-32-19-8-6-17(7-9-19)25-21(30)14-28-10-12-29(13-11-28)22(31)20-15-33-23(27-20)26-18-4-2-16(24)3-5-18/h2-9,15H,10-14H2,1H3,(H,25,30)(H,26,27). The van der Waals surface area contributed by atoms with E-state index in [1.165, 1.54) is 11.3 Å². The van der Waals surface area contributed by atoms with Gasteiger partial charge in [-0.1, -0.05) is 11.6 Å². The van der Waals surface area contributed by atoms with Gasteiger partial charge in [-0.05, 0) is 48.5 Å². The van der Waals surface area contributed by atoms with Crippen LogP contribution in [0.4, 0.5) is 16.5 Å². The molecule has 1 aliphatic heterocycles. The van der Waals surface area contributed by atoms with E-state index in [1.54, 1.807) is 53.8 Å². The van der Waals surface area contributed by atoms with E-state index in [2.05, 4.69) is 15.6 Å². The highest BCUT2D eigenvalue weighted by molar-refractivity contribution is 7.14. The van der Waals surface area contributed by atoms with Crippen LogP contribution in [-0.2, 0) is 4.79 Å². The Morgan fingerprint density at radius 3 is 2.36 bits per heavy atom. The molecule has 33 heavy (non-hydrogen) atoms. The van der Waals surface area contributed by atoms with Crippen LogP contribution in [0.25, 0.3) is 0 Å². The van der Waals surface area contributed by atoms with E-state index < -0.39 is 0 Å². The number of hydrogen-bond acceptors (Lipinski definition) is 7. The number of aromatic nitrogens is 1. The first-order valence-electron chi connectivity index (χ1n) is 10.4. The van der Waals surface area contributed by atoms with Crippen molar-refractivity contribution in [3.05, 3.63) is 64.6 Å². The molecule has 0 aliphatic carbocycles. The van der Waals surface area contributed by atoms with Crippen LogP contribution in [0.1, 0.15) is 10.5 Å². The van der Waals surface area contributed by atoms with Gasteiger partial charge in [0.05, 0.1) is 13.7 Å². The molecule has 8 nitrogen and oxygen atoms in total. The lowest BCUT2D eigenvalue weighted by molar-refractivity contribution is -0.117. The first kappa shape index (κ1) is 23.0. The molecule has 0 bridgehead atoms. The summed E-state index contributed by atoms with van der Waals surface area (Å²) in [5.41, 5.74) is 2.00. The van der Waals surface area contributed by atoms with Crippen LogP contribution in [0.15, 0.2) is 53.9 Å². The summed E-state index contributed by atoms with van der Waals surface area (Å²) >= 11 is 7.29. The summed E-state index contributed by atoms with van der Waals surface area (Å²) in [4.78, 5) is 33.4. The van der Waals surface area contributed by atoms with Gasteiger partial charge in [-0.15, -0.1) is 11.3 Å². The molecular formula is C23H24ClN5O3S. The number of nitrogens with one attached hydrogen (secondary N) is 2. The highest BCUT2D eigenvalue weighted by Crippen LogP contribution is 2.23. The van der Waals surface area contributed by atoms with Crippen molar-refractivity contribution >= 4 is 51.3 Å². The zero-order valence-corrected chi connectivity index (χ0v) is 19.7. The second-order valence-corrected chi connectivity index (χ2v) is 8.81. The lowest BCUT2D eigenvalue weighted by Gasteiger charge is -2.33. The number of hydrogen-bond donors (Lipinski definition) is 2. The maximum atomic E-state index is 12.8. The van der Waals surface area contributed by atoms with Crippen molar-refractivity contribution in [2.45, 2.75) is 0 Å². The summed E-state index contributed by atoms with van der Waals surface area (Å²) < 4.78 is 5.12. The number of carbonyl (C=O) groups excluding carboxylic acids is 2. The SMILES string of the molecule is COc1ccc(NC(=O)CN2CCN(C(=O)c3csc(Nc4ccc(Cl)cc4)n3)CC2)cc1. The van der Waals surface area contributed by atoms with Crippen molar-refractivity contribution < 1.29 is 14.3 Å². The molecule has 0 atom stereocenters. The summed E-state index contributed by atoms with van der Waals surface area (Å²) in [7, 11) is 1.60. The van der Waals surface area contributed by atoms with Gasteiger partial charge in [-0.2, -0.15) is 0 Å². The van der Waals surface area contributed by atoms with Crippen molar-refractivity contribution in [2.75, 3.05) is 50.5 Å². The number of amides is 2. The largest absolute Gasteiger partial charge is 0.497 e. The average Bonchev–Trinajstić information content (AvgIpc) is 3.29. The van der Waals surface area contributed by atoms with Crippen molar-refractivity contribution in [3.63, 3.8) is 0 Å². The molecule has 0 saturated carbocycles. The zero-order valence-electron chi connectivity index (χ0n) is 18.1. The van der Waals surface area contributed by atoms with E-state index in [4.69, 9.17) is 16.3 Å². The van der Waals surface area contributed by atoms with E-state index in [9.17, 15) is 9.59 Å². The van der Waals surface area contributed by atoms with Crippen LogP contribution in [-0.4, -0.2) is 66.4 Å². The predicted molar refractivity (Wildman–Crippen MR) is 131 cm³/mol. The molecule has 1 aliphatic rings. The van der Waals surface area contributed by atoms with Crippen LogP contribution in [0, 0.1) is 0 Å². The van der Waals surface area contributed by atoms with E-state index in [-0.39, 0.29) is 18.4 Å². The van der Waals surface area contributed by atoms with Crippen molar-refractivity contribution in [3.8, 4) is 5.75 Å². The molecular weight excluding hydrogens is 462 g/mol. The Labute approximate surface area is 201 Å². The Hall–Kier alpha value is -3.14. The zero-order chi connectivity index (χ0) is 23.2. The number of ether oxygens (including phenoxy) is 1. The fourth-order valence-corrected chi connectivity index (χ4v) is 4.27. The van der Waals surface area contributed by atoms with Gasteiger partial charge in [0.2, 0.25) is 5.91 Å². The predicted octanol–water partition coefficient (Wildman–Crippen LogP) is 3.95. The Morgan fingerprint density at radius 1 is 1.03 bits per heavy atom. The third-order valence-corrected chi connectivity index (χ3v) is 6.23. The van der Waals surface area contributed by atoms with Gasteiger partial charge in [0, 0.05) is 48.0 Å². The fourth-order valence-electron chi connectivity index (χ4n) is 3.44. The molecule has 1 fully saturated rings. The minimum atomic E-state index is -0.0993. The van der Waals surface area contributed by atoms with E-state index in [0.29, 0.717) is 42.0 Å². The normalized spacial score (nSPS) is 14.1. The summed E-state index contributed by atoms with van der Waals surface area (Å²) in [6.07, 6.45) is 0. The smallest absolute Gasteiger partial charge is 0.273 e. The third-order valence-electron chi connectivity index (χ3n) is 5.22. The number of nitrogens with zero attached hydrogens (tertiary/aromatic N) is 3. The molecule has 0 spiro atoms. The molecule has 4 rings (SSSR count). The van der Waals surface area contributed by atoms with Gasteiger partial charge in [-0.25, -0.2) is 4.98 Å². The first-order chi connectivity index (χ1) is 16.0. The van der Waals surface area contributed by atoms with Crippen LogP contribution in [0.5, 0.6) is 5.75 Å². The van der Waals surface area contributed by atoms with Gasteiger partial charge < -0.3 is 20.3 Å². The summed E-state index contributed by atoms with van der Waals surface area (Å²) in [6, 6.07) is 14.5. The number of halogens is 1. The van der Waals surface area contributed by atoms with Gasteiger partial charge in [0.15, 0.2) is 5.13 Å². The topological polar surface area (TPSA) is 86.8 Å². The number of rotatable bonds is 7. The average molecular weight is 486 g/mol. The highest BCUT2D eigenvalue weighted by atomic mass is 35.5. The Morgan fingerprint density at radius 2 is 1.70 bits per heavy atom. The van der Waals surface area contributed by atoms with Crippen molar-refractivity contribution in [2.24, 2.45) is 0 Å². The molecule has 2 amide bonds. The van der Waals surface area contributed by atoms with Gasteiger partial charge in [-0.3, -0.25) is 14.5 Å². The number of methoxy groups -OCH3 is 1. The second kappa shape index (κ2) is 10.7. The molecule has 0 unspecified atom stereocenters. The molecule has 2 N–H and O–H groups in total. The number of benzene rings is 2. The number of anilines is 3. The number of carbonyl (C=O) groups is 2. The van der Waals surface area contributed by atoms with Crippen LogP contribution >= 0.6 is 22.9 Å². The minimum absolute atomic E-state index is 0.0858. The monoisotopic (exact) mass is 485 g/mol. The van der Waals surface area contributed by atoms with Crippen molar-refractivity contribution in [1.29, 1.82) is 0 Å². The maximum absolute atomic E-state index is 12.8. The van der Waals surface area contributed by atoms with Gasteiger partial charge >= 0.3 is 0 Å². The summed E-state index contributed by atoms with van der Waals surface area (Å²) in [6.45, 7) is 2.63. The third kappa shape index (κ3) is 6.22. The summed E-state index contributed by atoms with van der Waals surface area (Å²) in [5, 5.41) is 9.14. The van der Waals surface area contributed by atoms with Crippen molar-refractivity contribution in [1.82, 2.24) is 14.8 Å². The van der Waals surface area contributed by atoms with E-state index in [0.717, 1.165) is 17.1 Å². The lowest BCUT2D eigenvalue weighted by Crippen LogP contribution is -2.50. The van der Waals surface area contributed by atoms with Gasteiger partial charge in [0.1, 0.15) is 11.4 Å². The van der Waals surface area contributed by atoms with Crippen LogP contribution in [0.2, 0.25) is 5.02 Å².